The molecule has 0 aliphatic rings. The molecule has 4 N–H and O–H groups in total. The number of anilines is 2. The van der Waals surface area contributed by atoms with Crippen LogP contribution in [0.4, 0.5) is 21.0 Å². The van der Waals surface area contributed by atoms with Gasteiger partial charge in [-0.2, -0.15) is 0 Å². The lowest BCUT2D eigenvalue weighted by Crippen LogP contribution is -2.43. The number of benzene rings is 1. The summed E-state index contributed by atoms with van der Waals surface area (Å²) in [7, 11) is 0. The molecule has 0 spiro atoms. The molecule has 1 rings (SSSR count). The lowest BCUT2D eigenvalue weighted by atomic mass is 10.0. The van der Waals surface area contributed by atoms with Crippen LogP contribution in [0.3, 0.4) is 0 Å². The van der Waals surface area contributed by atoms with Gasteiger partial charge in [-0.1, -0.05) is 39.2 Å². The van der Waals surface area contributed by atoms with Crippen LogP contribution in [0.1, 0.15) is 72.3 Å². The molecule has 7 heteroatoms. The van der Waals surface area contributed by atoms with Crippen molar-refractivity contribution in [2.75, 3.05) is 30.4 Å². The van der Waals surface area contributed by atoms with Gasteiger partial charge in [0, 0.05) is 36.7 Å². The van der Waals surface area contributed by atoms with Gasteiger partial charge in [-0.15, -0.1) is 0 Å². The molecule has 1 aromatic carbocycles. The fourth-order valence-electron chi connectivity index (χ4n) is 3.03. The lowest BCUT2D eigenvalue weighted by molar-refractivity contribution is 0.0925. The average molecular weight is 435 g/mol. The van der Waals surface area contributed by atoms with E-state index in [1.807, 2.05) is 39.8 Å². The van der Waals surface area contributed by atoms with Crippen molar-refractivity contribution in [2.24, 2.45) is 5.92 Å². The van der Waals surface area contributed by atoms with Gasteiger partial charge in [0.2, 0.25) is 0 Å². The highest BCUT2D eigenvalue weighted by Crippen LogP contribution is 2.20. The highest BCUT2D eigenvalue weighted by Gasteiger charge is 2.14. The predicted molar refractivity (Wildman–Crippen MR) is 129 cm³/mol. The molecule has 0 heterocycles. The zero-order chi connectivity index (χ0) is 23.3. The summed E-state index contributed by atoms with van der Waals surface area (Å²) in [5.74, 6) is 0.631. The topological polar surface area (TPSA) is 91.5 Å². The first-order valence-corrected chi connectivity index (χ1v) is 11.5. The molecule has 7 nitrogen and oxygen atoms in total. The minimum Gasteiger partial charge on any atom is -0.381 e. The summed E-state index contributed by atoms with van der Waals surface area (Å²) in [5.41, 5.74) is 1.86. The largest absolute Gasteiger partial charge is 0.381 e. The van der Waals surface area contributed by atoms with Gasteiger partial charge in [0.15, 0.2) is 0 Å². The van der Waals surface area contributed by atoms with Crippen LogP contribution in [0.25, 0.3) is 0 Å². The maximum atomic E-state index is 12.2. The Kier molecular flexibility index (Phi) is 12.0. The molecule has 0 aliphatic carbocycles. The van der Waals surface area contributed by atoms with E-state index >= 15 is 0 Å². The minimum absolute atomic E-state index is 0.275. The molecule has 0 aliphatic heterocycles. The zero-order valence-electron chi connectivity index (χ0n) is 20.2. The number of nitrogens with one attached hydrogen (secondary N) is 4. The number of hydrogen-bond acceptors (Lipinski definition) is 3. The average Bonchev–Trinajstić information content (AvgIpc) is 2.68. The maximum Gasteiger partial charge on any atom is 0.319 e. The fraction of sp³-hybridized carbons (Fsp3) is 0.667. The molecule has 0 saturated carbocycles. The Morgan fingerprint density at radius 2 is 1.81 bits per heavy atom. The molecule has 1 unspecified atom stereocenters. The van der Waals surface area contributed by atoms with E-state index in [4.69, 9.17) is 4.74 Å². The van der Waals surface area contributed by atoms with Crippen LogP contribution in [-0.4, -0.2) is 37.4 Å². The molecule has 4 amide bonds. The Labute approximate surface area is 188 Å². The zero-order valence-corrected chi connectivity index (χ0v) is 20.2. The van der Waals surface area contributed by atoms with Gasteiger partial charge in [-0.05, 0) is 64.2 Å². The van der Waals surface area contributed by atoms with Crippen molar-refractivity contribution in [3.05, 3.63) is 23.8 Å². The molecule has 0 fully saturated rings. The van der Waals surface area contributed by atoms with Gasteiger partial charge in [-0.3, -0.25) is 0 Å². The molecule has 0 radical (unpaired) electrons. The normalized spacial score (nSPS) is 12.2. The SMILES string of the molecule is CCCCC(CC)COCCCNC(=O)Nc1ccc(C)c(NC(=O)NC(C)(C)C)c1. The maximum absolute atomic E-state index is 12.2. The summed E-state index contributed by atoms with van der Waals surface area (Å²) in [4.78, 5) is 24.3. The Hall–Kier alpha value is -2.28. The summed E-state index contributed by atoms with van der Waals surface area (Å²) < 4.78 is 5.77. The van der Waals surface area contributed by atoms with Crippen molar-refractivity contribution >= 4 is 23.4 Å². The fourth-order valence-corrected chi connectivity index (χ4v) is 3.03. The number of carbonyl (C=O) groups excluding carboxylic acids is 2. The third kappa shape index (κ3) is 12.2. The van der Waals surface area contributed by atoms with Crippen LogP contribution in [0, 0.1) is 12.8 Å². The van der Waals surface area contributed by atoms with Gasteiger partial charge in [0.05, 0.1) is 0 Å². The van der Waals surface area contributed by atoms with Crippen molar-refractivity contribution in [2.45, 2.75) is 79.2 Å². The summed E-state index contributed by atoms with van der Waals surface area (Å²) in [6.45, 7) is 14.1. The molecule has 0 aromatic heterocycles. The number of amides is 4. The lowest BCUT2D eigenvalue weighted by Gasteiger charge is -2.21. The number of ether oxygens (including phenoxy) is 1. The molecule has 31 heavy (non-hydrogen) atoms. The van der Waals surface area contributed by atoms with E-state index in [0.717, 1.165) is 25.0 Å². The van der Waals surface area contributed by atoms with Crippen molar-refractivity contribution in [1.82, 2.24) is 10.6 Å². The van der Waals surface area contributed by atoms with Crippen LogP contribution in [-0.2, 0) is 4.74 Å². The van der Waals surface area contributed by atoms with Crippen molar-refractivity contribution in [1.29, 1.82) is 0 Å². The van der Waals surface area contributed by atoms with Crippen molar-refractivity contribution in [3.63, 3.8) is 0 Å². The van der Waals surface area contributed by atoms with Gasteiger partial charge >= 0.3 is 12.1 Å². The quantitative estimate of drug-likeness (QED) is 0.320. The van der Waals surface area contributed by atoms with Gasteiger partial charge < -0.3 is 26.0 Å². The Balaban J connectivity index is 2.36. The number of carbonyl (C=O) groups is 2. The first kappa shape index (κ1) is 26.8. The predicted octanol–water partition coefficient (Wildman–Crippen LogP) is 5.66. The van der Waals surface area contributed by atoms with E-state index in [2.05, 4.69) is 35.1 Å². The van der Waals surface area contributed by atoms with Crippen LogP contribution in [0.2, 0.25) is 0 Å². The van der Waals surface area contributed by atoms with Crippen LogP contribution in [0.15, 0.2) is 18.2 Å². The molecule has 176 valence electrons. The third-order valence-electron chi connectivity index (χ3n) is 4.88. The number of unbranched alkanes of at least 4 members (excludes halogenated alkanes) is 1. The highest BCUT2D eigenvalue weighted by atomic mass is 16.5. The smallest absolute Gasteiger partial charge is 0.319 e. The molecule has 0 bridgehead atoms. The van der Waals surface area contributed by atoms with Gasteiger partial charge in [0.1, 0.15) is 0 Å². The van der Waals surface area contributed by atoms with Gasteiger partial charge in [-0.25, -0.2) is 9.59 Å². The summed E-state index contributed by atoms with van der Waals surface area (Å²) >= 11 is 0. The second-order valence-electron chi connectivity index (χ2n) is 9.08. The molecule has 0 saturated heterocycles. The number of aryl methyl sites for hydroxylation is 1. The van der Waals surface area contributed by atoms with Crippen LogP contribution in [0.5, 0.6) is 0 Å². The van der Waals surface area contributed by atoms with E-state index in [-0.39, 0.29) is 17.6 Å². The van der Waals surface area contributed by atoms with E-state index < -0.39 is 0 Å². The highest BCUT2D eigenvalue weighted by molar-refractivity contribution is 5.93. The second-order valence-corrected chi connectivity index (χ2v) is 9.08. The van der Waals surface area contributed by atoms with E-state index in [1.54, 1.807) is 6.07 Å². The van der Waals surface area contributed by atoms with E-state index in [0.29, 0.717) is 30.4 Å². The summed E-state index contributed by atoms with van der Waals surface area (Å²) in [6, 6.07) is 4.87. The summed E-state index contributed by atoms with van der Waals surface area (Å²) in [6.07, 6.45) is 5.61. The van der Waals surface area contributed by atoms with E-state index in [1.165, 1.54) is 19.3 Å². The second kappa shape index (κ2) is 13.9. The van der Waals surface area contributed by atoms with E-state index in [9.17, 15) is 9.59 Å². The van der Waals surface area contributed by atoms with Crippen LogP contribution >= 0.6 is 0 Å². The molecular weight excluding hydrogens is 392 g/mol. The third-order valence-corrected chi connectivity index (χ3v) is 4.88. The molecule has 1 atom stereocenters. The first-order chi connectivity index (χ1) is 14.6. The van der Waals surface area contributed by atoms with Crippen molar-refractivity contribution in [3.8, 4) is 0 Å². The Morgan fingerprint density at radius 3 is 2.45 bits per heavy atom. The number of hydrogen-bond donors (Lipinski definition) is 4. The molecular formula is C24H42N4O3. The van der Waals surface area contributed by atoms with Crippen molar-refractivity contribution < 1.29 is 14.3 Å². The number of rotatable bonds is 12. The minimum atomic E-state index is -0.329. The Morgan fingerprint density at radius 1 is 1.06 bits per heavy atom. The number of urea groups is 2. The molecule has 1 aromatic rings. The van der Waals surface area contributed by atoms with Gasteiger partial charge in [0.25, 0.3) is 0 Å². The first-order valence-electron chi connectivity index (χ1n) is 11.5. The summed E-state index contributed by atoms with van der Waals surface area (Å²) in [5, 5.41) is 11.3. The van der Waals surface area contributed by atoms with Crippen LogP contribution < -0.4 is 21.3 Å². The monoisotopic (exact) mass is 434 g/mol. The Bertz CT molecular complexity index is 686. The standard InChI is InChI=1S/C24H42N4O3/c1-7-9-11-19(8-2)17-31-15-10-14-25-22(29)26-20-13-12-18(3)21(16-20)27-23(30)28-24(4,5)6/h12-13,16,19H,7-11,14-15,17H2,1-6H3,(H2,25,26,29)(H2,27,28,30).